The molecule has 2 amide bonds. The fraction of sp³-hybridized carbons (Fsp3) is 0.455. The molecule has 8 heteroatoms. The van der Waals surface area contributed by atoms with Crippen molar-refractivity contribution < 1.29 is 14.0 Å². The van der Waals surface area contributed by atoms with Gasteiger partial charge in [-0.2, -0.15) is 9.78 Å². The lowest BCUT2D eigenvalue weighted by molar-refractivity contribution is -0.126. The molecule has 7 nitrogen and oxygen atoms in total. The van der Waals surface area contributed by atoms with Crippen molar-refractivity contribution in [3.05, 3.63) is 58.3 Å². The Bertz CT molecular complexity index is 934. The number of hydrogen-bond acceptors (Lipinski definition) is 4. The number of carbonyl (C=O) groups is 2. The number of nitrogens with one attached hydrogen (secondary N) is 1. The molecule has 1 aliphatic rings. The summed E-state index contributed by atoms with van der Waals surface area (Å²) in [5.74, 6) is -0.734. The van der Waals surface area contributed by atoms with Crippen LogP contribution in [0.4, 0.5) is 4.39 Å². The normalized spacial score (nSPS) is 14.5. The van der Waals surface area contributed by atoms with Crippen LogP contribution in [0.2, 0.25) is 0 Å². The van der Waals surface area contributed by atoms with Crippen LogP contribution < -0.4 is 10.9 Å². The van der Waals surface area contributed by atoms with Crippen molar-refractivity contribution in [2.45, 2.75) is 39.0 Å². The average Bonchev–Trinajstić information content (AvgIpc) is 2.77. The van der Waals surface area contributed by atoms with Gasteiger partial charge in [0.2, 0.25) is 5.91 Å². The lowest BCUT2D eigenvalue weighted by Gasteiger charge is -2.31. The summed E-state index contributed by atoms with van der Waals surface area (Å²) in [6.07, 6.45) is 4.39. The van der Waals surface area contributed by atoms with E-state index in [1.807, 2.05) is 0 Å². The zero-order chi connectivity index (χ0) is 21.5. The molecular weight excluding hydrogens is 387 g/mol. The van der Waals surface area contributed by atoms with Crippen LogP contribution in [0.25, 0.3) is 5.69 Å². The molecule has 0 unspecified atom stereocenters. The standard InChI is InChI=1S/C22H27FN4O3/c1-2-3-4-13-24-21(29)16-11-14-26(15-12-16)22(30)19-9-10-20(28)27(25-19)18-7-5-17(23)6-8-18/h5-10,16H,2-4,11-15H2,1H3,(H,24,29). The first-order chi connectivity index (χ1) is 14.5. The lowest BCUT2D eigenvalue weighted by atomic mass is 9.95. The molecule has 1 saturated heterocycles. The summed E-state index contributed by atoms with van der Waals surface area (Å²) in [6.45, 7) is 3.74. The van der Waals surface area contributed by atoms with Crippen LogP contribution in [0.15, 0.2) is 41.2 Å². The van der Waals surface area contributed by atoms with E-state index in [-0.39, 0.29) is 23.4 Å². The molecule has 0 saturated carbocycles. The van der Waals surface area contributed by atoms with Crippen LogP contribution >= 0.6 is 0 Å². The third kappa shape index (κ3) is 5.31. The van der Waals surface area contributed by atoms with E-state index in [0.29, 0.717) is 38.2 Å². The van der Waals surface area contributed by atoms with Crippen LogP contribution in [0.1, 0.15) is 49.5 Å². The van der Waals surface area contributed by atoms with E-state index in [9.17, 15) is 18.8 Å². The van der Waals surface area contributed by atoms with Crippen molar-refractivity contribution in [1.29, 1.82) is 0 Å². The molecule has 1 aromatic carbocycles. The van der Waals surface area contributed by atoms with E-state index in [4.69, 9.17) is 0 Å². The molecular formula is C22H27FN4O3. The smallest absolute Gasteiger partial charge is 0.274 e. The van der Waals surface area contributed by atoms with E-state index in [2.05, 4.69) is 17.3 Å². The van der Waals surface area contributed by atoms with E-state index < -0.39 is 11.4 Å². The van der Waals surface area contributed by atoms with Crippen LogP contribution in [0.3, 0.4) is 0 Å². The van der Waals surface area contributed by atoms with Gasteiger partial charge in [0, 0.05) is 31.6 Å². The maximum absolute atomic E-state index is 13.1. The third-order valence-corrected chi connectivity index (χ3v) is 5.32. The molecule has 1 fully saturated rings. The molecule has 0 radical (unpaired) electrons. The highest BCUT2D eigenvalue weighted by Crippen LogP contribution is 2.19. The second kappa shape index (κ2) is 10.1. The lowest BCUT2D eigenvalue weighted by Crippen LogP contribution is -2.43. The molecule has 30 heavy (non-hydrogen) atoms. The largest absolute Gasteiger partial charge is 0.356 e. The number of aromatic nitrogens is 2. The number of unbranched alkanes of at least 4 members (excludes halogenated alkanes) is 2. The van der Waals surface area contributed by atoms with Gasteiger partial charge >= 0.3 is 0 Å². The highest BCUT2D eigenvalue weighted by atomic mass is 19.1. The molecule has 1 aliphatic heterocycles. The summed E-state index contributed by atoms with van der Waals surface area (Å²) in [5, 5.41) is 7.15. The highest BCUT2D eigenvalue weighted by molar-refractivity contribution is 5.92. The SMILES string of the molecule is CCCCCNC(=O)C1CCN(C(=O)c2ccc(=O)n(-c3ccc(F)cc3)n2)CC1. The van der Waals surface area contributed by atoms with E-state index in [1.54, 1.807) is 4.90 Å². The van der Waals surface area contributed by atoms with Gasteiger partial charge in [-0.25, -0.2) is 4.39 Å². The van der Waals surface area contributed by atoms with E-state index in [1.165, 1.54) is 36.4 Å². The van der Waals surface area contributed by atoms with Crippen LogP contribution in [-0.2, 0) is 4.79 Å². The molecule has 2 aromatic rings. The minimum Gasteiger partial charge on any atom is -0.356 e. The second-order valence-electron chi connectivity index (χ2n) is 7.51. The Morgan fingerprint density at radius 1 is 1.10 bits per heavy atom. The predicted octanol–water partition coefficient (Wildman–Crippen LogP) is 2.53. The predicted molar refractivity (Wildman–Crippen MR) is 111 cm³/mol. The highest BCUT2D eigenvalue weighted by Gasteiger charge is 2.28. The van der Waals surface area contributed by atoms with Crippen LogP contribution in [0.5, 0.6) is 0 Å². The van der Waals surface area contributed by atoms with Gasteiger partial charge in [-0.15, -0.1) is 0 Å². The van der Waals surface area contributed by atoms with Gasteiger partial charge in [-0.3, -0.25) is 14.4 Å². The fourth-order valence-electron chi connectivity index (χ4n) is 3.53. The average molecular weight is 414 g/mol. The number of likely N-dealkylation sites (tertiary alicyclic amines) is 1. The van der Waals surface area contributed by atoms with Gasteiger partial charge in [-0.05, 0) is 49.6 Å². The quantitative estimate of drug-likeness (QED) is 0.706. The van der Waals surface area contributed by atoms with Crippen molar-refractivity contribution in [2.24, 2.45) is 5.92 Å². The number of piperidine rings is 1. The van der Waals surface area contributed by atoms with Crippen molar-refractivity contribution in [3.63, 3.8) is 0 Å². The Hall–Kier alpha value is -3.03. The monoisotopic (exact) mass is 414 g/mol. The number of rotatable bonds is 7. The number of nitrogens with zero attached hydrogens (tertiary/aromatic N) is 3. The first-order valence-corrected chi connectivity index (χ1v) is 10.4. The number of halogens is 1. The molecule has 0 spiro atoms. The summed E-state index contributed by atoms with van der Waals surface area (Å²) < 4.78 is 14.2. The zero-order valence-corrected chi connectivity index (χ0v) is 17.1. The number of amides is 2. The number of hydrogen-bond donors (Lipinski definition) is 1. The molecule has 2 heterocycles. The third-order valence-electron chi connectivity index (χ3n) is 5.32. The first kappa shape index (κ1) is 21.7. The van der Waals surface area contributed by atoms with Crippen molar-refractivity contribution in [2.75, 3.05) is 19.6 Å². The van der Waals surface area contributed by atoms with Gasteiger partial charge in [0.15, 0.2) is 0 Å². The molecule has 1 N–H and O–H groups in total. The summed E-state index contributed by atoms with van der Waals surface area (Å²) in [5.41, 5.74) is 0.118. The molecule has 160 valence electrons. The zero-order valence-electron chi connectivity index (χ0n) is 17.1. The van der Waals surface area contributed by atoms with Gasteiger partial charge in [0.1, 0.15) is 11.5 Å². The summed E-state index contributed by atoms with van der Waals surface area (Å²) in [4.78, 5) is 38.9. The minimum atomic E-state index is -0.420. The maximum atomic E-state index is 13.1. The molecule has 1 aromatic heterocycles. The van der Waals surface area contributed by atoms with Crippen molar-refractivity contribution in [3.8, 4) is 5.69 Å². The topological polar surface area (TPSA) is 84.3 Å². The van der Waals surface area contributed by atoms with Crippen molar-refractivity contribution >= 4 is 11.8 Å². The van der Waals surface area contributed by atoms with Crippen LogP contribution in [0, 0.1) is 11.7 Å². The number of carbonyl (C=O) groups excluding carboxylic acids is 2. The summed E-state index contributed by atoms with van der Waals surface area (Å²) in [7, 11) is 0. The van der Waals surface area contributed by atoms with Crippen molar-refractivity contribution in [1.82, 2.24) is 20.0 Å². The Labute approximate surface area is 174 Å². The first-order valence-electron chi connectivity index (χ1n) is 10.4. The molecule has 3 rings (SSSR count). The Morgan fingerprint density at radius 3 is 2.47 bits per heavy atom. The summed E-state index contributed by atoms with van der Waals surface area (Å²) >= 11 is 0. The summed E-state index contributed by atoms with van der Waals surface area (Å²) in [6, 6.07) is 8.01. The Kier molecular flexibility index (Phi) is 7.32. The van der Waals surface area contributed by atoms with Gasteiger partial charge in [-0.1, -0.05) is 19.8 Å². The fourth-order valence-corrected chi connectivity index (χ4v) is 3.53. The molecule has 0 aliphatic carbocycles. The van der Waals surface area contributed by atoms with Gasteiger partial charge in [0.25, 0.3) is 11.5 Å². The van der Waals surface area contributed by atoms with Gasteiger partial charge in [0.05, 0.1) is 5.69 Å². The maximum Gasteiger partial charge on any atom is 0.274 e. The molecule has 0 atom stereocenters. The van der Waals surface area contributed by atoms with Crippen LogP contribution in [-0.4, -0.2) is 46.1 Å². The molecule has 0 bridgehead atoms. The number of benzene rings is 1. The van der Waals surface area contributed by atoms with Gasteiger partial charge < -0.3 is 10.2 Å². The Balaban J connectivity index is 1.61. The minimum absolute atomic E-state index is 0.0567. The Morgan fingerprint density at radius 2 is 1.80 bits per heavy atom. The second-order valence-corrected chi connectivity index (χ2v) is 7.51. The van der Waals surface area contributed by atoms with E-state index >= 15 is 0 Å². The van der Waals surface area contributed by atoms with E-state index in [0.717, 1.165) is 23.9 Å².